The number of rotatable bonds is 5. The monoisotopic (exact) mass is 390 g/mol. The third-order valence-corrected chi connectivity index (χ3v) is 4.28. The van der Waals surface area contributed by atoms with Crippen molar-refractivity contribution in [3.8, 4) is 0 Å². The normalized spacial score (nSPS) is 11.6. The number of esters is 1. The van der Waals surface area contributed by atoms with E-state index in [0.717, 1.165) is 22.8 Å². The highest BCUT2D eigenvalue weighted by Crippen LogP contribution is 2.26. The maximum Gasteiger partial charge on any atom is 0.339 e. The van der Waals surface area contributed by atoms with Crippen LogP contribution in [0.4, 0.5) is 11.4 Å². The number of halogens is 1. The van der Waals surface area contributed by atoms with Crippen LogP contribution in [0.5, 0.6) is 0 Å². The summed E-state index contributed by atoms with van der Waals surface area (Å²) in [5.41, 5.74) is 3.06. The second-order valence-electron chi connectivity index (χ2n) is 6.23. The summed E-state index contributed by atoms with van der Waals surface area (Å²) in [5.74, 6) is -1.35. The van der Waals surface area contributed by atoms with E-state index in [1.165, 1.54) is 19.1 Å². The summed E-state index contributed by atoms with van der Waals surface area (Å²) >= 11 is 5.73. The van der Waals surface area contributed by atoms with Gasteiger partial charge < -0.3 is 10.1 Å². The summed E-state index contributed by atoms with van der Waals surface area (Å²) in [6, 6.07) is 7.43. The second kappa shape index (κ2) is 8.18. The first-order valence-electron chi connectivity index (χ1n) is 8.13. The van der Waals surface area contributed by atoms with Crippen LogP contribution in [0.1, 0.15) is 34.0 Å². The van der Waals surface area contributed by atoms with Crippen molar-refractivity contribution in [2.24, 2.45) is 0 Å². The van der Waals surface area contributed by atoms with Gasteiger partial charge in [0.2, 0.25) is 0 Å². The summed E-state index contributed by atoms with van der Waals surface area (Å²) < 4.78 is 5.13. The van der Waals surface area contributed by atoms with Crippen molar-refractivity contribution in [2.45, 2.75) is 33.8 Å². The Kier molecular flexibility index (Phi) is 6.17. The van der Waals surface area contributed by atoms with E-state index in [9.17, 15) is 19.7 Å². The Bertz CT molecular complexity index is 903. The van der Waals surface area contributed by atoms with Crippen molar-refractivity contribution in [1.82, 2.24) is 0 Å². The van der Waals surface area contributed by atoms with E-state index < -0.39 is 28.6 Å². The van der Waals surface area contributed by atoms with E-state index in [0.29, 0.717) is 5.69 Å². The molecule has 0 bridgehead atoms. The van der Waals surface area contributed by atoms with Gasteiger partial charge in [0.15, 0.2) is 6.10 Å². The standard InChI is InChI=1S/C19H19ClN2O5/c1-10-7-11(2)17(12(3)8-10)21-18(23)13(4)27-19(24)14-5-6-15(20)16(9-14)22(25)26/h5-9,13H,1-4H3,(H,21,23)/t13-/m1/s1. The Balaban J connectivity index is 2.12. The van der Waals surface area contributed by atoms with Gasteiger partial charge in [-0.2, -0.15) is 0 Å². The van der Waals surface area contributed by atoms with Crippen LogP contribution in [-0.4, -0.2) is 22.9 Å². The Morgan fingerprint density at radius 1 is 1.15 bits per heavy atom. The number of nitrogens with one attached hydrogen (secondary N) is 1. The molecule has 1 atom stereocenters. The first-order valence-corrected chi connectivity index (χ1v) is 8.51. The third kappa shape index (κ3) is 4.83. The Morgan fingerprint density at radius 2 is 1.74 bits per heavy atom. The Hall–Kier alpha value is -2.93. The lowest BCUT2D eigenvalue weighted by Crippen LogP contribution is -2.30. The van der Waals surface area contributed by atoms with E-state index in [-0.39, 0.29) is 10.6 Å². The fourth-order valence-corrected chi connectivity index (χ4v) is 2.85. The number of anilines is 1. The molecule has 0 radical (unpaired) electrons. The van der Waals surface area contributed by atoms with Gasteiger partial charge in [0.05, 0.1) is 10.5 Å². The van der Waals surface area contributed by atoms with Crippen LogP contribution < -0.4 is 5.32 Å². The molecule has 0 aliphatic carbocycles. The van der Waals surface area contributed by atoms with E-state index in [4.69, 9.17) is 16.3 Å². The summed E-state index contributed by atoms with van der Waals surface area (Å²) in [6.07, 6.45) is -1.09. The molecule has 2 aromatic carbocycles. The van der Waals surface area contributed by atoms with Gasteiger partial charge in [0.25, 0.3) is 11.6 Å². The lowest BCUT2D eigenvalue weighted by molar-refractivity contribution is -0.384. The lowest BCUT2D eigenvalue weighted by atomic mass is 10.0. The van der Waals surface area contributed by atoms with Gasteiger partial charge in [0, 0.05) is 11.8 Å². The largest absolute Gasteiger partial charge is 0.449 e. The molecule has 0 aromatic heterocycles. The van der Waals surface area contributed by atoms with Gasteiger partial charge in [-0.25, -0.2) is 4.79 Å². The zero-order valence-corrected chi connectivity index (χ0v) is 16.1. The third-order valence-electron chi connectivity index (χ3n) is 3.96. The van der Waals surface area contributed by atoms with Crippen LogP contribution in [0.2, 0.25) is 5.02 Å². The van der Waals surface area contributed by atoms with Crippen molar-refractivity contribution in [3.05, 3.63) is 67.7 Å². The zero-order chi connectivity index (χ0) is 20.3. The lowest BCUT2D eigenvalue weighted by Gasteiger charge is -2.17. The van der Waals surface area contributed by atoms with Gasteiger partial charge in [-0.05, 0) is 51.0 Å². The average Bonchev–Trinajstić information content (AvgIpc) is 2.57. The number of ether oxygens (including phenoxy) is 1. The minimum Gasteiger partial charge on any atom is -0.449 e. The first kappa shape index (κ1) is 20.4. The fraction of sp³-hybridized carbons (Fsp3) is 0.263. The van der Waals surface area contributed by atoms with Gasteiger partial charge >= 0.3 is 5.97 Å². The quantitative estimate of drug-likeness (QED) is 0.464. The molecular formula is C19H19ClN2O5. The molecule has 2 rings (SSSR count). The van der Waals surface area contributed by atoms with Crippen LogP contribution in [0, 0.1) is 30.9 Å². The highest BCUT2D eigenvalue weighted by molar-refractivity contribution is 6.32. The number of aryl methyl sites for hydroxylation is 3. The van der Waals surface area contributed by atoms with Crippen molar-refractivity contribution >= 4 is 34.9 Å². The number of carbonyl (C=O) groups excluding carboxylic acids is 2. The number of benzene rings is 2. The predicted octanol–water partition coefficient (Wildman–Crippen LogP) is 4.36. The molecule has 7 nitrogen and oxygen atoms in total. The Labute approximate surface area is 161 Å². The van der Waals surface area contributed by atoms with Gasteiger partial charge in [0.1, 0.15) is 5.02 Å². The topological polar surface area (TPSA) is 98.5 Å². The number of nitrogens with zero attached hydrogens (tertiary/aromatic N) is 1. The molecule has 0 aliphatic heterocycles. The SMILES string of the molecule is Cc1cc(C)c(NC(=O)[C@@H](C)OC(=O)c2ccc(Cl)c([N+](=O)[O-])c2)c(C)c1. The molecule has 0 saturated heterocycles. The van der Waals surface area contributed by atoms with E-state index >= 15 is 0 Å². The molecule has 0 aliphatic rings. The fourth-order valence-electron chi connectivity index (χ4n) is 2.66. The molecule has 0 spiro atoms. The van der Waals surface area contributed by atoms with E-state index in [2.05, 4.69) is 5.32 Å². The minimum absolute atomic E-state index is 0.0616. The van der Waals surface area contributed by atoms with Gasteiger partial charge in [-0.3, -0.25) is 14.9 Å². The molecular weight excluding hydrogens is 372 g/mol. The van der Waals surface area contributed by atoms with Gasteiger partial charge in [-0.1, -0.05) is 29.3 Å². The highest BCUT2D eigenvalue weighted by atomic mass is 35.5. The van der Waals surface area contributed by atoms with Crippen molar-refractivity contribution in [2.75, 3.05) is 5.32 Å². The molecule has 2 aromatic rings. The average molecular weight is 391 g/mol. The molecule has 0 fully saturated rings. The molecule has 0 unspecified atom stereocenters. The van der Waals surface area contributed by atoms with Crippen molar-refractivity contribution in [1.29, 1.82) is 0 Å². The predicted molar refractivity (Wildman–Crippen MR) is 102 cm³/mol. The van der Waals surface area contributed by atoms with Crippen LogP contribution in [0.15, 0.2) is 30.3 Å². The molecule has 142 valence electrons. The number of hydrogen-bond acceptors (Lipinski definition) is 5. The van der Waals surface area contributed by atoms with Gasteiger partial charge in [-0.15, -0.1) is 0 Å². The Morgan fingerprint density at radius 3 is 2.30 bits per heavy atom. The maximum absolute atomic E-state index is 12.4. The zero-order valence-electron chi connectivity index (χ0n) is 15.3. The number of hydrogen-bond donors (Lipinski definition) is 1. The number of carbonyl (C=O) groups is 2. The first-order chi connectivity index (χ1) is 12.6. The highest BCUT2D eigenvalue weighted by Gasteiger charge is 2.22. The van der Waals surface area contributed by atoms with E-state index in [1.54, 1.807) is 0 Å². The van der Waals surface area contributed by atoms with E-state index in [1.807, 2.05) is 32.9 Å². The van der Waals surface area contributed by atoms with Crippen molar-refractivity contribution < 1.29 is 19.2 Å². The summed E-state index contributed by atoms with van der Waals surface area (Å²) in [4.78, 5) is 34.8. The van der Waals surface area contributed by atoms with Crippen molar-refractivity contribution in [3.63, 3.8) is 0 Å². The summed E-state index contributed by atoms with van der Waals surface area (Å²) in [5, 5.41) is 13.6. The van der Waals surface area contributed by atoms with Crippen LogP contribution in [0.25, 0.3) is 0 Å². The number of amides is 1. The summed E-state index contributed by atoms with van der Waals surface area (Å²) in [6.45, 7) is 7.13. The smallest absolute Gasteiger partial charge is 0.339 e. The maximum atomic E-state index is 12.4. The summed E-state index contributed by atoms with van der Waals surface area (Å²) in [7, 11) is 0. The number of nitro groups is 1. The van der Waals surface area contributed by atoms with Crippen LogP contribution in [0.3, 0.4) is 0 Å². The molecule has 0 saturated carbocycles. The van der Waals surface area contributed by atoms with Crippen LogP contribution >= 0.6 is 11.6 Å². The molecule has 0 heterocycles. The molecule has 27 heavy (non-hydrogen) atoms. The molecule has 1 amide bonds. The second-order valence-corrected chi connectivity index (χ2v) is 6.64. The minimum atomic E-state index is -1.09. The molecule has 8 heteroatoms. The molecule has 1 N–H and O–H groups in total. The number of nitro benzene ring substituents is 1. The van der Waals surface area contributed by atoms with Crippen LogP contribution in [-0.2, 0) is 9.53 Å².